The van der Waals surface area contributed by atoms with Crippen LogP contribution in [0.5, 0.6) is 0 Å². The van der Waals surface area contributed by atoms with Crippen molar-refractivity contribution in [2.24, 2.45) is 0 Å². The highest BCUT2D eigenvalue weighted by molar-refractivity contribution is 7.14. The van der Waals surface area contributed by atoms with E-state index in [2.05, 4.69) is 6.07 Å². The zero-order valence-corrected chi connectivity index (χ0v) is 12.5. The first-order valence-corrected chi connectivity index (χ1v) is 7.79. The third-order valence-electron chi connectivity index (χ3n) is 3.39. The smallest absolute Gasteiger partial charge is 0.177 e. The lowest BCUT2D eigenvalue weighted by atomic mass is 10.1. The summed E-state index contributed by atoms with van der Waals surface area (Å²) in [6.45, 7) is 0. The average Bonchev–Trinajstić information content (AvgIpc) is 2.93. The maximum atomic E-state index is 12.3. The van der Waals surface area contributed by atoms with Crippen LogP contribution in [0.25, 0.3) is 0 Å². The molecule has 2 aromatic rings. The highest BCUT2D eigenvalue weighted by Crippen LogP contribution is 2.31. The van der Waals surface area contributed by atoms with Gasteiger partial charge in [-0.25, -0.2) is 0 Å². The van der Waals surface area contributed by atoms with Crippen LogP contribution in [-0.4, -0.2) is 5.78 Å². The Labute approximate surface area is 126 Å². The average molecular weight is 311 g/mol. The second-order valence-electron chi connectivity index (χ2n) is 4.75. The van der Waals surface area contributed by atoms with E-state index in [9.17, 15) is 4.79 Å². The van der Waals surface area contributed by atoms with Crippen molar-refractivity contribution < 1.29 is 4.79 Å². The summed E-state index contributed by atoms with van der Waals surface area (Å²) in [7, 11) is 0. The number of halogens is 2. The summed E-state index contributed by atoms with van der Waals surface area (Å²) in [5.74, 6) is 0.142. The van der Waals surface area contributed by atoms with Crippen molar-refractivity contribution in [1.82, 2.24) is 0 Å². The van der Waals surface area contributed by atoms with E-state index in [1.54, 1.807) is 23.5 Å². The van der Waals surface area contributed by atoms with Gasteiger partial charge in [-0.2, -0.15) is 0 Å². The number of fused-ring (bicyclic) bond motifs is 1. The second-order valence-corrected chi connectivity index (χ2v) is 6.73. The Morgan fingerprint density at radius 1 is 1.21 bits per heavy atom. The number of aryl methyl sites for hydroxylation is 2. The Morgan fingerprint density at radius 2 is 2.05 bits per heavy atom. The Hall–Kier alpha value is -0.830. The van der Waals surface area contributed by atoms with Crippen molar-refractivity contribution in [3.63, 3.8) is 0 Å². The molecule has 4 heteroatoms. The van der Waals surface area contributed by atoms with Crippen molar-refractivity contribution >= 4 is 40.3 Å². The first kappa shape index (κ1) is 13.2. The molecule has 1 aromatic heterocycles. The fourth-order valence-electron chi connectivity index (χ4n) is 2.39. The molecule has 0 N–H and O–H groups in total. The van der Waals surface area contributed by atoms with Gasteiger partial charge >= 0.3 is 0 Å². The molecular weight excluding hydrogens is 299 g/mol. The van der Waals surface area contributed by atoms with Crippen LogP contribution in [-0.2, 0) is 19.3 Å². The Morgan fingerprint density at radius 3 is 2.79 bits per heavy atom. The van der Waals surface area contributed by atoms with Crippen LogP contribution < -0.4 is 0 Å². The summed E-state index contributed by atoms with van der Waals surface area (Å²) in [5.41, 5.74) is 2.19. The predicted octanol–water partition coefficient (Wildman–Crippen LogP) is 4.97. The van der Waals surface area contributed by atoms with Crippen molar-refractivity contribution in [3.05, 3.63) is 55.2 Å². The van der Waals surface area contributed by atoms with Crippen molar-refractivity contribution in [3.8, 4) is 0 Å². The van der Waals surface area contributed by atoms with Crippen LogP contribution in [0.4, 0.5) is 0 Å². The number of rotatable bonds is 3. The summed E-state index contributed by atoms with van der Waals surface area (Å²) < 4.78 is 0. The molecule has 1 heterocycles. The fourth-order valence-corrected chi connectivity index (χ4v) is 4.06. The van der Waals surface area contributed by atoms with Gasteiger partial charge in [0, 0.05) is 21.3 Å². The van der Waals surface area contributed by atoms with E-state index in [0.717, 1.165) is 23.3 Å². The lowest BCUT2D eigenvalue weighted by Gasteiger charge is -2.03. The molecule has 0 saturated heterocycles. The molecule has 0 radical (unpaired) electrons. The van der Waals surface area contributed by atoms with E-state index in [1.165, 1.54) is 16.9 Å². The third kappa shape index (κ3) is 2.71. The monoisotopic (exact) mass is 310 g/mol. The Balaban J connectivity index is 1.80. The van der Waals surface area contributed by atoms with Crippen LogP contribution in [0.2, 0.25) is 10.0 Å². The van der Waals surface area contributed by atoms with Gasteiger partial charge in [0.2, 0.25) is 0 Å². The van der Waals surface area contributed by atoms with E-state index in [4.69, 9.17) is 23.2 Å². The maximum absolute atomic E-state index is 12.3. The van der Waals surface area contributed by atoms with E-state index < -0.39 is 0 Å². The fraction of sp³-hybridized carbons (Fsp3) is 0.267. The Kier molecular flexibility index (Phi) is 3.66. The molecule has 0 spiro atoms. The van der Waals surface area contributed by atoms with E-state index >= 15 is 0 Å². The SMILES string of the molecule is O=C(Cc1ccc(Cl)cc1Cl)c1cc2c(s1)CCC2. The zero-order chi connectivity index (χ0) is 13.4. The van der Waals surface area contributed by atoms with Gasteiger partial charge in [0.15, 0.2) is 5.78 Å². The standard InChI is InChI=1S/C15H12Cl2OS/c16-11-5-4-9(12(17)8-11)6-13(18)15-7-10-2-1-3-14(10)19-15/h4-5,7-8H,1-3,6H2. The van der Waals surface area contributed by atoms with Crippen LogP contribution in [0.3, 0.4) is 0 Å². The number of carbonyl (C=O) groups excluding carboxylic acids is 1. The van der Waals surface area contributed by atoms with Gasteiger partial charge in [-0.3, -0.25) is 4.79 Å². The molecule has 1 aliphatic rings. The molecule has 1 nitrogen and oxygen atoms in total. The number of benzene rings is 1. The van der Waals surface area contributed by atoms with Crippen molar-refractivity contribution in [1.29, 1.82) is 0 Å². The minimum Gasteiger partial charge on any atom is -0.293 e. The summed E-state index contributed by atoms with van der Waals surface area (Å²) >= 11 is 13.6. The highest BCUT2D eigenvalue weighted by atomic mass is 35.5. The number of thiophene rings is 1. The van der Waals surface area contributed by atoms with Gasteiger partial charge in [0.05, 0.1) is 4.88 Å². The quantitative estimate of drug-likeness (QED) is 0.732. The van der Waals surface area contributed by atoms with Crippen molar-refractivity contribution in [2.75, 3.05) is 0 Å². The first-order valence-electron chi connectivity index (χ1n) is 6.22. The van der Waals surface area contributed by atoms with Crippen LogP contribution >= 0.6 is 34.5 Å². The molecule has 0 atom stereocenters. The second kappa shape index (κ2) is 5.28. The molecule has 98 valence electrons. The molecule has 1 aliphatic carbocycles. The maximum Gasteiger partial charge on any atom is 0.177 e. The molecule has 0 aliphatic heterocycles. The summed E-state index contributed by atoms with van der Waals surface area (Å²) in [6.07, 6.45) is 3.80. The number of hydrogen-bond donors (Lipinski definition) is 0. The van der Waals surface area contributed by atoms with E-state index in [0.29, 0.717) is 16.5 Å². The van der Waals surface area contributed by atoms with Gasteiger partial charge in [0.1, 0.15) is 0 Å². The van der Waals surface area contributed by atoms with Crippen LogP contribution in [0.1, 0.15) is 32.1 Å². The molecule has 1 aromatic carbocycles. The van der Waals surface area contributed by atoms with Crippen LogP contribution in [0.15, 0.2) is 24.3 Å². The molecule has 0 saturated carbocycles. The van der Waals surface area contributed by atoms with Crippen molar-refractivity contribution in [2.45, 2.75) is 25.7 Å². The predicted molar refractivity (Wildman–Crippen MR) is 80.8 cm³/mol. The number of carbonyl (C=O) groups is 1. The van der Waals surface area contributed by atoms with Gasteiger partial charge in [-0.05, 0) is 48.6 Å². The number of hydrogen-bond acceptors (Lipinski definition) is 2. The largest absolute Gasteiger partial charge is 0.293 e. The lowest BCUT2D eigenvalue weighted by Crippen LogP contribution is -2.02. The normalized spacial score (nSPS) is 13.6. The number of Topliss-reactive ketones (excluding diaryl/α,β-unsaturated/α-hetero) is 1. The number of ketones is 1. The molecule has 0 unspecified atom stereocenters. The first-order chi connectivity index (χ1) is 9.13. The van der Waals surface area contributed by atoms with Gasteiger partial charge in [-0.1, -0.05) is 29.3 Å². The van der Waals surface area contributed by atoms with Gasteiger partial charge < -0.3 is 0 Å². The lowest BCUT2D eigenvalue weighted by molar-refractivity contribution is 0.0997. The summed E-state index contributed by atoms with van der Waals surface area (Å²) in [5, 5.41) is 1.15. The van der Waals surface area contributed by atoms with Crippen LogP contribution in [0, 0.1) is 0 Å². The Bertz CT molecular complexity index is 624. The van der Waals surface area contributed by atoms with Gasteiger partial charge in [-0.15, -0.1) is 11.3 Å². The minimum atomic E-state index is 0.142. The molecule has 3 rings (SSSR count). The summed E-state index contributed by atoms with van der Waals surface area (Å²) in [6, 6.07) is 7.33. The van der Waals surface area contributed by atoms with E-state index in [1.807, 2.05) is 6.07 Å². The molecule has 0 bridgehead atoms. The zero-order valence-electron chi connectivity index (χ0n) is 10.2. The summed E-state index contributed by atoms with van der Waals surface area (Å²) in [4.78, 5) is 14.5. The highest BCUT2D eigenvalue weighted by Gasteiger charge is 2.19. The topological polar surface area (TPSA) is 17.1 Å². The van der Waals surface area contributed by atoms with Gasteiger partial charge in [0.25, 0.3) is 0 Å². The van der Waals surface area contributed by atoms with E-state index in [-0.39, 0.29) is 5.78 Å². The molecular formula is C15H12Cl2OS. The molecule has 19 heavy (non-hydrogen) atoms. The minimum absolute atomic E-state index is 0.142. The third-order valence-corrected chi connectivity index (χ3v) is 5.25. The molecule has 0 fully saturated rings. The molecule has 0 amide bonds.